The number of hydrogen-bond acceptors (Lipinski definition) is 3. The Bertz CT molecular complexity index is 892. The van der Waals surface area contributed by atoms with E-state index in [0.29, 0.717) is 35.8 Å². The van der Waals surface area contributed by atoms with Crippen LogP contribution in [0.15, 0.2) is 42.5 Å². The molecule has 1 aliphatic rings. The second kappa shape index (κ2) is 7.92. The zero-order valence-electron chi connectivity index (χ0n) is 15.1. The van der Waals surface area contributed by atoms with Gasteiger partial charge in [0.05, 0.1) is 11.6 Å². The number of carbonyl (C=O) groups is 2. The van der Waals surface area contributed by atoms with E-state index in [4.69, 9.17) is 10.4 Å². The summed E-state index contributed by atoms with van der Waals surface area (Å²) in [7, 11) is 0. The number of benzene rings is 2. The summed E-state index contributed by atoms with van der Waals surface area (Å²) >= 11 is 0. The summed E-state index contributed by atoms with van der Waals surface area (Å²) in [6, 6.07) is 14.8. The summed E-state index contributed by atoms with van der Waals surface area (Å²) in [5.41, 5.74) is 3.54. The monoisotopic (exact) mass is 363 g/mol. The molecule has 6 nitrogen and oxygen atoms in total. The Labute approximate surface area is 158 Å². The van der Waals surface area contributed by atoms with Crippen LogP contribution in [0.1, 0.15) is 45.8 Å². The lowest BCUT2D eigenvalue weighted by Crippen LogP contribution is -2.38. The molecule has 3 rings (SSSR count). The normalized spacial score (nSPS) is 14.4. The number of nitrogens with zero attached hydrogens (tertiary/aromatic N) is 2. The van der Waals surface area contributed by atoms with Gasteiger partial charge in [-0.1, -0.05) is 18.2 Å². The Balaban J connectivity index is 1.66. The van der Waals surface area contributed by atoms with Gasteiger partial charge in [0, 0.05) is 24.3 Å². The summed E-state index contributed by atoms with van der Waals surface area (Å²) in [6.45, 7) is 3.10. The van der Waals surface area contributed by atoms with Crippen molar-refractivity contribution in [2.24, 2.45) is 0 Å². The van der Waals surface area contributed by atoms with Gasteiger partial charge in [0.2, 0.25) is 0 Å². The van der Waals surface area contributed by atoms with E-state index in [9.17, 15) is 9.59 Å². The number of carboxylic acid groups (broad SMARTS) is 1. The summed E-state index contributed by atoms with van der Waals surface area (Å²) in [4.78, 5) is 25.5. The van der Waals surface area contributed by atoms with Crippen molar-refractivity contribution in [1.29, 1.82) is 5.26 Å². The minimum Gasteiger partial charge on any atom is -0.465 e. The first-order valence-electron chi connectivity index (χ1n) is 8.88. The molecule has 0 saturated carbocycles. The number of hydrogen-bond donors (Lipinski definition) is 2. The Kier molecular flexibility index (Phi) is 5.41. The number of likely N-dealkylation sites (tertiary alicyclic amines) is 1. The number of nitriles is 1. The highest BCUT2D eigenvalue weighted by molar-refractivity contribution is 5.96. The molecule has 0 unspecified atom stereocenters. The van der Waals surface area contributed by atoms with Crippen LogP contribution in [0.25, 0.3) is 0 Å². The molecular weight excluding hydrogens is 342 g/mol. The Hall–Kier alpha value is -3.33. The fourth-order valence-electron chi connectivity index (χ4n) is 3.43. The molecule has 0 radical (unpaired) electrons. The summed E-state index contributed by atoms with van der Waals surface area (Å²) < 4.78 is 0. The van der Waals surface area contributed by atoms with Crippen molar-refractivity contribution >= 4 is 17.7 Å². The van der Waals surface area contributed by atoms with Crippen LogP contribution < -0.4 is 5.32 Å². The number of carbonyl (C=O) groups excluding carboxylic acids is 1. The van der Waals surface area contributed by atoms with Crippen molar-refractivity contribution < 1.29 is 14.7 Å². The van der Waals surface area contributed by atoms with Gasteiger partial charge in [-0.05, 0) is 61.1 Å². The van der Waals surface area contributed by atoms with Crippen LogP contribution in [0.5, 0.6) is 0 Å². The maximum absolute atomic E-state index is 12.8. The minimum absolute atomic E-state index is 0.0817. The van der Waals surface area contributed by atoms with Crippen LogP contribution in [0.2, 0.25) is 0 Å². The predicted molar refractivity (Wildman–Crippen MR) is 102 cm³/mol. The van der Waals surface area contributed by atoms with Crippen LogP contribution in [0.4, 0.5) is 10.5 Å². The van der Waals surface area contributed by atoms with E-state index in [1.165, 1.54) is 5.56 Å². The molecule has 2 N–H and O–H groups in total. The first-order chi connectivity index (χ1) is 13.0. The maximum Gasteiger partial charge on any atom is 0.409 e. The van der Waals surface area contributed by atoms with Crippen LogP contribution in [-0.4, -0.2) is 35.1 Å². The molecule has 0 spiro atoms. The molecule has 0 aliphatic carbocycles. The zero-order valence-corrected chi connectivity index (χ0v) is 15.1. The second-order valence-electron chi connectivity index (χ2n) is 6.76. The van der Waals surface area contributed by atoms with Gasteiger partial charge in [0.15, 0.2) is 0 Å². The molecule has 138 valence electrons. The summed E-state index contributed by atoms with van der Waals surface area (Å²) in [5, 5.41) is 20.1. The maximum atomic E-state index is 12.8. The molecule has 0 atom stereocenters. The highest BCUT2D eigenvalue weighted by atomic mass is 16.4. The van der Waals surface area contributed by atoms with E-state index in [1.807, 2.05) is 29.2 Å². The number of rotatable bonds is 3. The number of amides is 2. The molecule has 2 aromatic carbocycles. The Morgan fingerprint density at radius 2 is 1.81 bits per heavy atom. The van der Waals surface area contributed by atoms with E-state index in [-0.39, 0.29) is 5.91 Å². The fourth-order valence-corrected chi connectivity index (χ4v) is 3.43. The zero-order chi connectivity index (χ0) is 19.4. The van der Waals surface area contributed by atoms with Gasteiger partial charge in [-0.15, -0.1) is 0 Å². The smallest absolute Gasteiger partial charge is 0.409 e. The topological polar surface area (TPSA) is 93.4 Å². The van der Waals surface area contributed by atoms with Crippen molar-refractivity contribution in [3.8, 4) is 6.07 Å². The quantitative estimate of drug-likeness (QED) is 0.862. The summed E-state index contributed by atoms with van der Waals surface area (Å²) in [5.74, 6) is 0.297. The Morgan fingerprint density at radius 3 is 2.41 bits per heavy atom. The molecule has 0 aromatic heterocycles. The van der Waals surface area contributed by atoms with Crippen molar-refractivity contribution in [2.75, 3.05) is 18.4 Å². The average Bonchev–Trinajstić information content (AvgIpc) is 2.69. The van der Waals surface area contributed by atoms with Gasteiger partial charge in [0.1, 0.15) is 0 Å². The molecule has 1 heterocycles. The molecule has 1 fully saturated rings. The van der Waals surface area contributed by atoms with Gasteiger partial charge in [-0.3, -0.25) is 10.1 Å². The van der Waals surface area contributed by atoms with E-state index in [2.05, 4.69) is 11.4 Å². The molecule has 0 bridgehead atoms. The van der Waals surface area contributed by atoms with E-state index in [0.717, 1.165) is 18.4 Å². The second-order valence-corrected chi connectivity index (χ2v) is 6.76. The highest BCUT2D eigenvalue weighted by Gasteiger charge is 2.25. The first kappa shape index (κ1) is 18.5. The van der Waals surface area contributed by atoms with E-state index >= 15 is 0 Å². The van der Waals surface area contributed by atoms with Crippen molar-refractivity contribution in [3.63, 3.8) is 0 Å². The minimum atomic E-state index is -1.15. The van der Waals surface area contributed by atoms with Crippen LogP contribution >= 0.6 is 0 Å². The molecule has 1 aliphatic heterocycles. The van der Waals surface area contributed by atoms with Gasteiger partial charge in [-0.25, -0.2) is 4.79 Å². The van der Waals surface area contributed by atoms with Gasteiger partial charge in [-0.2, -0.15) is 5.26 Å². The van der Waals surface area contributed by atoms with Gasteiger partial charge < -0.3 is 10.0 Å². The van der Waals surface area contributed by atoms with Gasteiger partial charge >= 0.3 is 6.09 Å². The average molecular weight is 363 g/mol. The molecule has 6 heteroatoms. The number of piperidine rings is 1. The highest BCUT2D eigenvalue weighted by Crippen LogP contribution is 2.29. The molecule has 1 saturated heterocycles. The van der Waals surface area contributed by atoms with E-state index < -0.39 is 6.09 Å². The molecule has 27 heavy (non-hydrogen) atoms. The fraction of sp³-hybridized carbons (Fsp3) is 0.286. The Morgan fingerprint density at radius 1 is 1.15 bits per heavy atom. The molecular formula is C21H21N3O3. The van der Waals surface area contributed by atoms with Crippen molar-refractivity contribution in [3.05, 3.63) is 64.7 Å². The largest absolute Gasteiger partial charge is 0.465 e. The van der Waals surface area contributed by atoms with Crippen molar-refractivity contribution in [1.82, 2.24) is 4.90 Å². The lowest BCUT2D eigenvalue weighted by atomic mass is 9.89. The van der Waals surface area contributed by atoms with Crippen molar-refractivity contribution in [2.45, 2.75) is 25.7 Å². The predicted octanol–water partition coefficient (Wildman–Crippen LogP) is 3.98. The standard InChI is InChI=1S/C21H21N3O3/c1-14-2-5-18(12-19(14)23-21(26)27)20(25)24-10-8-17(9-11-24)16-6-3-15(13-22)4-7-16/h2-7,12,17,23H,8-11H2,1H3,(H,26,27). The molecule has 2 aromatic rings. The third-order valence-electron chi connectivity index (χ3n) is 5.02. The van der Waals surface area contributed by atoms with E-state index in [1.54, 1.807) is 25.1 Å². The number of anilines is 1. The van der Waals surface area contributed by atoms with Crippen LogP contribution in [-0.2, 0) is 0 Å². The molecule has 2 amide bonds. The van der Waals surface area contributed by atoms with Gasteiger partial charge in [0.25, 0.3) is 5.91 Å². The lowest BCUT2D eigenvalue weighted by Gasteiger charge is -2.32. The lowest BCUT2D eigenvalue weighted by molar-refractivity contribution is 0.0713. The summed E-state index contributed by atoms with van der Waals surface area (Å²) in [6.07, 6.45) is 0.582. The number of aryl methyl sites for hydroxylation is 1. The van der Waals surface area contributed by atoms with Crippen LogP contribution in [0, 0.1) is 18.3 Å². The SMILES string of the molecule is Cc1ccc(C(=O)N2CCC(c3ccc(C#N)cc3)CC2)cc1NC(=O)O. The first-order valence-corrected chi connectivity index (χ1v) is 8.88. The number of nitrogens with one attached hydrogen (secondary N) is 1. The van der Waals surface area contributed by atoms with Crippen LogP contribution in [0.3, 0.4) is 0 Å². The third kappa shape index (κ3) is 4.26. The third-order valence-corrected chi connectivity index (χ3v) is 5.02.